The standard InChI is InChI=1S/C14H11ClN2O3S/c15-10-3-1-2-9(13(10)21(20)8-4-5-8)11-6-12(14(18)19)17-7-16-11/h1-3,6-8H,4-5H2,(H,18,19). The number of carboxylic acids is 1. The van der Waals surface area contributed by atoms with Gasteiger partial charge in [-0.05, 0) is 25.0 Å². The molecule has 0 aliphatic heterocycles. The number of benzene rings is 1. The molecule has 1 aromatic carbocycles. The summed E-state index contributed by atoms with van der Waals surface area (Å²) in [6.45, 7) is 0. The van der Waals surface area contributed by atoms with E-state index in [1.165, 1.54) is 12.4 Å². The third-order valence-corrected chi connectivity index (χ3v) is 5.50. The van der Waals surface area contributed by atoms with Crippen LogP contribution in [0.4, 0.5) is 0 Å². The summed E-state index contributed by atoms with van der Waals surface area (Å²) < 4.78 is 12.5. The van der Waals surface area contributed by atoms with E-state index in [-0.39, 0.29) is 10.9 Å². The first-order valence-corrected chi connectivity index (χ1v) is 7.92. The minimum absolute atomic E-state index is 0.108. The largest absolute Gasteiger partial charge is 0.477 e. The van der Waals surface area contributed by atoms with Crippen LogP contribution in [-0.4, -0.2) is 30.5 Å². The predicted octanol–water partition coefficient (Wildman–Crippen LogP) is 2.77. The third kappa shape index (κ3) is 2.82. The van der Waals surface area contributed by atoms with Crippen LogP contribution >= 0.6 is 11.6 Å². The molecule has 21 heavy (non-hydrogen) atoms. The Morgan fingerprint density at radius 2 is 2.10 bits per heavy atom. The van der Waals surface area contributed by atoms with Crippen molar-refractivity contribution >= 4 is 28.4 Å². The Bertz CT molecular complexity index is 747. The molecule has 7 heteroatoms. The Morgan fingerprint density at radius 3 is 2.76 bits per heavy atom. The molecule has 1 aliphatic carbocycles. The van der Waals surface area contributed by atoms with Gasteiger partial charge < -0.3 is 5.11 Å². The summed E-state index contributed by atoms with van der Waals surface area (Å²) >= 11 is 6.20. The fourth-order valence-electron chi connectivity index (χ4n) is 1.99. The van der Waals surface area contributed by atoms with E-state index in [9.17, 15) is 9.00 Å². The first-order chi connectivity index (χ1) is 10.1. The summed E-state index contributed by atoms with van der Waals surface area (Å²) in [4.78, 5) is 19.3. The van der Waals surface area contributed by atoms with Crippen LogP contribution in [0.25, 0.3) is 11.3 Å². The average molecular weight is 323 g/mol. The second-order valence-electron chi connectivity index (χ2n) is 4.71. The molecule has 1 N–H and O–H groups in total. The van der Waals surface area contributed by atoms with Crippen molar-refractivity contribution in [3.05, 3.63) is 41.3 Å². The Hall–Kier alpha value is -1.79. The quantitative estimate of drug-likeness (QED) is 0.936. The minimum atomic E-state index is -1.20. The maximum Gasteiger partial charge on any atom is 0.354 e. The predicted molar refractivity (Wildman–Crippen MR) is 78.9 cm³/mol. The van der Waals surface area contributed by atoms with Crippen LogP contribution in [-0.2, 0) is 10.8 Å². The monoisotopic (exact) mass is 322 g/mol. The lowest BCUT2D eigenvalue weighted by atomic mass is 10.1. The van der Waals surface area contributed by atoms with E-state index in [2.05, 4.69) is 9.97 Å². The number of nitrogens with zero attached hydrogens (tertiary/aromatic N) is 2. The molecule has 3 rings (SSSR count). The van der Waals surface area contributed by atoms with Gasteiger partial charge in [-0.25, -0.2) is 14.8 Å². The van der Waals surface area contributed by atoms with Gasteiger partial charge >= 0.3 is 5.97 Å². The molecule has 5 nitrogen and oxygen atoms in total. The lowest BCUT2D eigenvalue weighted by molar-refractivity contribution is 0.0690. The van der Waals surface area contributed by atoms with Gasteiger partial charge in [0.05, 0.1) is 26.4 Å². The SMILES string of the molecule is O=C(O)c1cc(-c2cccc(Cl)c2S(=O)C2CC2)ncn1. The molecule has 1 unspecified atom stereocenters. The maximum absolute atomic E-state index is 12.5. The Balaban J connectivity index is 2.14. The van der Waals surface area contributed by atoms with Crippen molar-refractivity contribution in [2.75, 3.05) is 0 Å². The molecule has 0 saturated heterocycles. The number of hydrogen-bond donors (Lipinski definition) is 1. The first-order valence-electron chi connectivity index (χ1n) is 6.32. The molecule has 1 heterocycles. The highest BCUT2D eigenvalue weighted by atomic mass is 35.5. The Kier molecular flexibility index (Phi) is 3.73. The maximum atomic E-state index is 12.5. The summed E-state index contributed by atoms with van der Waals surface area (Å²) in [7, 11) is -1.20. The van der Waals surface area contributed by atoms with Crippen molar-refractivity contribution in [2.24, 2.45) is 0 Å². The van der Waals surface area contributed by atoms with Gasteiger partial charge in [-0.15, -0.1) is 0 Å². The van der Waals surface area contributed by atoms with Crippen molar-refractivity contribution in [1.29, 1.82) is 0 Å². The van der Waals surface area contributed by atoms with Crippen LogP contribution in [0.1, 0.15) is 23.3 Å². The number of carbonyl (C=O) groups is 1. The van der Waals surface area contributed by atoms with Crippen LogP contribution in [0.15, 0.2) is 35.5 Å². The van der Waals surface area contributed by atoms with Crippen LogP contribution in [0.5, 0.6) is 0 Å². The minimum Gasteiger partial charge on any atom is -0.477 e. The topological polar surface area (TPSA) is 80.1 Å². The number of rotatable bonds is 4. The number of carboxylic acid groups (broad SMARTS) is 1. The zero-order valence-electron chi connectivity index (χ0n) is 10.8. The number of aromatic carboxylic acids is 1. The molecule has 0 amide bonds. The molecule has 0 radical (unpaired) electrons. The zero-order valence-corrected chi connectivity index (χ0v) is 12.4. The van der Waals surface area contributed by atoms with Crippen LogP contribution in [0.2, 0.25) is 5.02 Å². The molecule has 2 aromatic rings. The van der Waals surface area contributed by atoms with Gasteiger partial charge in [0.2, 0.25) is 0 Å². The van der Waals surface area contributed by atoms with E-state index >= 15 is 0 Å². The van der Waals surface area contributed by atoms with Crippen molar-refractivity contribution < 1.29 is 14.1 Å². The van der Waals surface area contributed by atoms with Crippen LogP contribution in [0.3, 0.4) is 0 Å². The van der Waals surface area contributed by atoms with Gasteiger partial charge in [0.25, 0.3) is 0 Å². The third-order valence-electron chi connectivity index (χ3n) is 3.16. The summed E-state index contributed by atoms with van der Waals surface area (Å²) in [6, 6.07) is 6.52. The Labute approximate surface area is 128 Å². The second-order valence-corrected chi connectivity index (χ2v) is 6.78. The fraction of sp³-hybridized carbons (Fsp3) is 0.214. The smallest absolute Gasteiger partial charge is 0.354 e. The zero-order chi connectivity index (χ0) is 15.0. The Morgan fingerprint density at radius 1 is 1.33 bits per heavy atom. The molecule has 1 atom stereocenters. The van der Waals surface area contributed by atoms with E-state index in [1.807, 2.05) is 0 Å². The normalized spacial score (nSPS) is 15.7. The van der Waals surface area contributed by atoms with Gasteiger partial charge in [0.1, 0.15) is 6.33 Å². The fourth-order valence-corrected chi connectivity index (χ4v) is 3.94. The van der Waals surface area contributed by atoms with Crippen molar-refractivity contribution in [2.45, 2.75) is 23.0 Å². The van der Waals surface area contributed by atoms with Crippen molar-refractivity contribution in [3.63, 3.8) is 0 Å². The summed E-state index contributed by atoms with van der Waals surface area (Å²) in [6.07, 6.45) is 3.02. The average Bonchev–Trinajstić information content (AvgIpc) is 3.31. The van der Waals surface area contributed by atoms with Crippen molar-refractivity contribution in [1.82, 2.24) is 9.97 Å². The lowest BCUT2D eigenvalue weighted by Gasteiger charge is -2.10. The molecule has 1 aromatic heterocycles. The highest BCUT2D eigenvalue weighted by Crippen LogP contribution is 2.38. The molecular formula is C14H11ClN2O3S. The van der Waals surface area contributed by atoms with Gasteiger partial charge in [0, 0.05) is 10.8 Å². The van der Waals surface area contributed by atoms with Crippen molar-refractivity contribution in [3.8, 4) is 11.3 Å². The van der Waals surface area contributed by atoms with Gasteiger partial charge in [-0.2, -0.15) is 0 Å². The van der Waals surface area contributed by atoms with E-state index in [0.29, 0.717) is 21.2 Å². The molecular weight excluding hydrogens is 312 g/mol. The lowest BCUT2D eigenvalue weighted by Crippen LogP contribution is -2.04. The van der Waals surface area contributed by atoms with Gasteiger partial charge in [-0.3, -0.25) is 4.21 Å². The highest BCUT2D eigenvalue weighted by molar-refractivity contribution is 7.86. The summed E-state index contributed by atoms with van der Waals surface area (Å²) in [5.41, 5.74) is 0.898. The molecule has 108 valence electrons. The molecule has 0 bridgehead atoms. The number of aromatic nitrogens is 2. The van der Waals surface area contributed by atoms with E-state index in [0.717, 1.165) is 12.8 Å². The van der Waals surface area contributed by atoms with E-state index in [4.69, 9.17) is 16.7 Å². The second kappa shape index (κ2) is 5.54. The summed E-state index contributed by atoms with van der Waals surface area (Å²) in [5, 5.41) is 9.55. The highest BCUT2D eigenvalue weighted by Gasteiger charge is 2.32. The van der Waals surface area contributed by atoms with Gasteiger partial charge in [-0.1, -0.05) is 23.7 Å². The van der Waals surface area contributed by atoms with Crippen LogP contribution < -0.4 is 0 Å². The molecule has 0 spiro atoms. The molecule has 1 aliphatic rings. The number of hydrogen-bond acceptors (Lipinski definition) is 4. The molecule has 1 fully saturated rings. The van der Waals surface area contributed by atoms with Gasteiger partial charge in [0.15, 0.2) is 5.69 Å². The number of halogens is 1. The molecule has 1 saturated carbocycles. The van der Waals surface area contributed by atoms with E-state index in [1.54, 1.807) is 18.2 Å². The first kappa shape index (κ1) is 14.2. The summed E-state index contributed by atoms with van der Waals surface area (Å²) in [5.74, 6) is -1.13. The van der Waals surface area contributed by atoms with Crippen LogP contribution in [0, 0.1) is 0 Å². The van der Waals surface area contributed by atoms with E-state index < -0.39 is 16.8 Å².